The van der Waals surface area contributed by atoms with Crippen molar-refractivity contribution in [3.8, 4) is 0 Å². The minimum atomic E-state index is 0.410. The van der Waals surface area contributed by atoms with Crippen molar-refractivity contribution >= 4 is 29.5 Å². The molecule has 2 aromatic rings. The van der Waals surface area contributed by atoms with E-state index in [2.05, 4.69) is 32.3 Å². The minimum absolute atomic E-state index is 0.410. The molecule has 1 aromatic heterocycles. The van der Waals surface area contributed by atoms with Gasteiger partial charge in [0.2, 0.25) is 0 Å². The largest absolute Gasteiger partial charge is 0.383 e. The highest BCUT2D eigenvalue weighted by Crippen LogP contribution is 2.33. The number of benzene rings is 1. The predicted octanol–water partition coefficient (Wildman–Crippen LogP) is 2.11. The fourth-order valence-corrected chi connectivity index (χ4v) is 2.26. The Hall–Kier alpha value is -2.08. The van der Waals surface area contributed by atoms with Crippen LogP contribution in [0.25, 0.3) is 0 Å². The van der Waals surface area contributed by atoms with Gasteiger partial charge in [-0.15, -0.1) is 0 Å². The maximum Gasteiger partial charge on any atom is 0.200 e. The van der Waals surface area contributed by atoms with Gasteiger partial charge in [-0.1, -0.05) is 30.3 Å². The molecule has 1 aliphatic heterocycles. The first-order valence-corrected chi connectivity index (χ1v) is 6.07. The lowest BCUT2D eigenvalue weighted by Crippen LogP contribution is -2.22. The zero-order valence-electron chi connectivity index (χ0n) is 9.68. The molecular weight excluding hydrogens is 246 g/mol. The second kappa shape index (κ2) is 4.30. The Morgan fingerprint density at radius 1 is 1.33 bits per heavy atom. The molecule has 5 nitrogen and oxygen atoms in total. The van der Waals surface area contributed by atoms with Crippen LogP contribution >= 0.6 is 12.2 Å². The van der Waals surface area contributed by atoms with Crippen LogP contribution in [0, 0.1) is 4.77 Å². The van der Waals surface area contributed by atoms with E-state index in [4.69, 9.17) is 18.0 Å². The van der Waals surface area contributed by atoms with Gasteiger partial charge in [-0.25, -0.2) is 4.98 Å². The van der Waals surface area contributed by atoms with E-state index in [1.54, 1.807) is 0 Å². The highest BCUT2D eigenvalue weighted by molar-refractivity contribution is 7.71. The minimum Gasteiger partial charge on any atom is -0.383 e. The van der Waals surface area contributed by atoms with Crippen LogP contribution in [0.4, 0.5) is 17.3 Å². The van der Waals surface area contributed by atoms with Gasteiger partial charge < -0.3 is 20.9 Å². The Morgan fingerprint density at radius 2 is 2.11 bits per heavy atom. The van der Waals surface area contributed by atoms with E-state index in [1.807, 2.05) is 18.2 Å². The van der Waals surface area contributed by atoms with Gasteiger partial charge in [0.1, 0.15) is 11.5 Å². The molecule has 0 fully saturated rings. The molecule has 1 aromatic carbocycles. The van der Waals surface area contributed by atoms with Gasteiger partial charge in [-0.05, 0) is 17.8 Å². The third-order valence-corrected chi connectivity index (χ3v) is 3.10. The van der Waals surface area contributed by atoms with Crippen molar-refractivity contribution in [1.82, 2.24) is 9.97 Å². The third kappa shape index (κ3) is 1.91. The normalized spacial score (nSPS) is 13.2. The number of nitrogen functional groups attached to an aromatic ring is 1. The number of hydrogen-bond acceptors (Lipinski definition) is 5. The average Bonchev–Trinajstić information content (AvgIpc) is 2.74. The lowest BCUT2D eigenvalue weighted by Gasteiger charge is -2.16. The van der Waals surface area contributed by atoms with Crippen molar-refractivity contribution in [2.75, 3.05) is 22.6 Å². The molecule has 0 aliphatic carbocycles. The molecule has 92 valence electrons. The van der Waals surface area contributed by atoms with E-state index >= 15 is 0 Å². The highest BCUT2D eigenvalue weighted by atomic mass is 32.1. The van der Waals surface area contributed by atoms with E-state index < -0.39 is 0 Å². The molecule has 3 rings (SSSR count). The fourth-order valence-electron chi connectivity index (χ4n) is 2.07. The molecule has 0 atom stereocenters. The number of anilines is 3. The Balaban J connectivity index is 1.93. The lowest BCUT2D eigenvalue weighted by atomic mass is 10.2. The molecule has 0 radical (unpaired) electrons. The Kier molecular flexibility index (Phi) is 2.64. The Morgan fingerprint density at radius 3 is 2.89 bits per heavy atom. The van der Waals surface area contributed by atoms with Crippen LogP contribution in [-0.2, 0) is 6.54 Å². The van der Waals surface area contributed by atoms with Gasteiger partial charge in [0.25, 0.3) is 0 Å². The lowest BCUT2D eigenvalue weighted by molar-refractivity contribution is 0.853. The molecule has 1 aliphatic rings. The van der Waals surface area contributed by atoms with Gasteiger partial charge in [-0.2, -0.15) is 0 Å². The molecule has 2 heterocycles. The van der Waals surface area contributed by atoms with Gasteiger partial charge >= 0.3 is 0 Å². The summed E-state index contributed by atoms with van der Waals surface area (Å²) in [4.78, 5) is 9.30. The summed E-state index contributed by atoms with van der Waals surface area (Å²) >= 11 is 5.06. The zero-order chi connectivity index (χ0) is 12.5. The topological polar surface area (TPSA) is 70.0 Å². The zero-order valence-corrected chi connectivity index (χ0v) is 10.5. The summed E-state index contributed by atoms with van der Waals surface area (Å²) < 4.78 is 0.410. The summed E-state index contributed by atoms with van der Waals surface area (Å²) in [6.07, 6.45) is 0. The highest BCUT2D eigenvalue weighted by Gasteiger charge is 2.22. The quantitative estimate of drug-likeness (QED) is 0.721. The summed E-state index contributed by atoms with van der Waals surface area (Å²) in [6.45, 7) is 1.47. The predicted molar refractivity (Wildman–Crippen MR) is 74.9 cm³/mol. The van der Waals surface area contributed by atoms with Gasteiger partial charge in [0.05, 0.1) is 6.67 Å². The van der Waals surface area contributed by atoms with E-state index in [0.717, 1.165) is 18.1 Å². The van der Waals surface area contributed by atoms with E-state index in [-0.39, 0.29) is 0 Å². The summed E-state index contributed by atoms with van der Waals surface area (Å²) in [5.74, 6) is 1.36. The van der Waals surface area contributed by atoms with Gasteiger partial charge in [-0.3, -0.25) is 0 Å². The molecular formula is C12H13N5S. The molecule has 4 N–H and O–H groups in total. The van der Waals surface area contributed by atoms with Crippen molar-refractivity contribution in [2.45, 2.75) is 6.54 Å². The SMILES string of the molecule is Nc1[nH]c(=S)nc2c1NCN2Cc1ccccc1. The number of hydrogen-bond donors (Lipinski definition) is 3. The molecule has 0 unspecified atom stereocenters. The van der Waals surface area contributed by atoms with Crippen LogP contribution in [0.1, 0.15) is 5.56 Å². The number of aromatic amines is 1. The Labute approximate surface area is 110 Å². The van der Waals surface area contributed by atoms with Gasteiger partial charge in [0, 0.05) is 6.54 Å². The second-order valence-corrected chi connectivity index (χ2v) is 4.56. The maximum atomic E-state index is 5.88. The fraction of sp³-hybridized carbons (Fsp3) is 0.167. The number of nitrogens with two attached hydrogens (primary N) is 1. The van der Waals surface area contributed by atoms with E-state index in [0.29, 0.717) is 17.3 Å². The summed E-state index contributed by atoms with van der Waals surface area (Å²) in [6, 6.07) is 10.2. The third-order valence-electron chi connectivity index (χ3n) is 2.90. The number of H-pyrrole nitrogens is 1. The number of rotatable bonds is 2. The molecule has 0 bridgehead atoms. The molecule has 18 heavy (non-hydrogen) atoms. The molecule has 0 amide bonds. The molecule has 0 saturated heterocycles. The van der Waals surface area contributed by atoms with E-state index in [1.165, 1.54) is 5.56 Å². The standard InChI is InChI=1S/C12H13N5S/c13-10-9-11(16-12(18)15-10)17(7-14-9)6-8-4-2-1-3-5-8/h1-5,14H,6-7H2,(H3,13,15,16,18). The smallest absolute Gasteiger partial charge is 0.200 e. The van der Waals surface area contributed by atoms with Crippen molar-refractivity contribution in [1.29, 1.82) is 0 Å². The average molecular weight is 259 g/mol. The molecule has 0 saturated carbocycles. The summed E-state index contributed by atoms with van der Waals surface area (Å²) in [7, 11) is 0. The van der Waals surface area contributed by atoms with Crippen LogP contribution in [0.3, 0.4) is 0 Å². The van der Waals surface area contributed by atoms with Crippen molar-refractivity contribution < 1.29 is 0 Å². The number of fused-ring (bicyclic) bond motifs is 1. The monoisotopic (exact) mass is 259 g/mol. The van der Waals surface area contributed by atoms with Crippen molar-refractivity contribution in [3.63, 3.8) is 0 Å². The molecule has 6 heteroatoms. The van der Waals surface area contributed by atoms with Crippen molar-refractivity contribution in [3.05, 3.63) is 40.7 Å². The first kappa shape index (κ1) is 11.0. The van der Waals surface area contributed by atoms with Crippen LogP contribution in [-0.4, -0.2) is 16.6 Å². The maximum absolute atomic E-state index is 5.88. The first-order valence-electron chi connectivity index (χ1n) is 5.66. The van der Waals surface area contributed by atoms with Crippen LogP contribution in [0.2, 0.25) is 0 Å². The molecule has 0 spiro atoms. The number of aromatic nitrogens is 2. The Bertz CT molecular complexity index is 622. The first-order chi connectivity index (χ1) is 8.74. The van der Waals surface area contributed by atoms with E-state index in [9.17, 15) is 0 Å². The van der Waals surface area contributed by atoms with Gasteiger partial charge in [0.15, 0.2) is 10.6 Å². The van der Waals surface area contributed by atoms with Crippen LogP contribution in [0.5, 0.6) is 0 Å². The summed E-state index contributed by atoms with van der Waals surface area (Å²) in [5.41, 5.74) is 7.94. The van der Waals surface area contributed by atoms with Crippen molar-refractivity contribution in [2.24, 2.45) is 0 Å². The second-order valence-electron chi connectivity index (χ2n) is 4.17. The number of nitrogens with one attached hydrogen (secondary N) is 2. The van der Waals surface area contributed by atoms with Crippen LogP contribution < -0.4 is 16.0 Å². The van der Waals surface area contributed by atoms with Crippen LogP contribution in [0.15, 0.2) is 30.3 Å². The number of nitrogens with zero attached hydrogens (tertiary/aromatic N) is 2. The summed E-state index contributed by atoms with van der Waals surface area (Å²) in [5, 5.41) is 3.23.